The van der Waals surface area contributed by atoms with Crippen LogP contribution in [0.15, 0.2) is 48.5 Å². The van der Waals surface area contributed by atoms with E-state index in [9.17, 15) is 9.90 Å². The maximum atomic E-state index is 11.2. The van der Waals surface area contributed by atoms with Crippen LogP contribution in [-0.2, 0) is 4.79 Å². The molecular formula is C19H19Cl2NO2. The van der Waals surface area contributed by atoms with Gasteiger partial charge in [0.2, 0.25) is 0 Å². The number of piperidine rings is 1. The van der Waals surface area contributed by atoms with Gasteiger partial charge in [0.25, 0.3) is 0 Å². The molecule has 24 heavy (non-hydrogen) atoms. The highest BCUT2D eigenvalue weighted by atomic mass is 35.5. The van der Waals surface area contributed by atoms with Crippen molar-refractivity contribution in [1.29, 1.82) is 0 Å². The van der Waals surface area contributed by atoms with Gasteiger partial charge in [-0.25, -0.2) is 0 Å². The quantitative estimate of drug-likeness (QED) is 0.841. The second-order valence-electron chi connectivity index (χ2n) is 6.16. The molecule has 0 unspecified atom stereocenters. The zero-order valence-electron chi connectivity index (χ0n) is 13.2. The summed E-state index contributed by atoms with van der Waals surface area (Å²) in [6, 6.07) is 15.7. The van der Waals surface area contributed by atoms with Gasteiger partial charge in [0.05, 0.1) is 12.0 Å². The van der Waals surface area contributed by atoms with Crippen molar-refractivity contribution >= 4 is 29.2 Å². The van der Waals surface area contributed by atoms with Crippen LogP contribution >= 0.6 is 23.2 Å². The van der Waals surface area contributed by atoms with Crippen molar-refractivity contribution in [2.45, 2.75) is 18.9 Å². The Labute approximate surface area is 151 Å². The van der Waals surface area contributed by atoms with Crippen LogP contribution in [-0.4, -0.2) is 29.1 Å². The summed E-state index contributed by atoms with van der Waals surface area (Å²) in [5, 5.41) is 10.6. The van der Waals surface area contributed by atoms with E-state index in [4.69, 9.17) is 23.2 Å². The Hall–Kier alpha value is -1.55. The molecule has 0 radical (unpaired) electrons. The highest BCUT2D eigenvalue weighted by molar-refractivity contribution is 6.31. The summed E-state index contributed by atoms with van der Waals surface area (Å²) in [6.07, 6.45) is 1.32. The standard InChI is InChI=1S/C19H19Cl2NO2/c20-16-5-1-3-14(11-16)18(15-4-2-6-17(21)12-15)22-9-7-13(8-10-22)19(23)24/h1-6,11-13,18H,7-10H2,(H,23,24). The molecule has 1 saturated heterocycles. The summed E-state index contributed by atoms with van der Waals surface area (Å²) in [5.74, 6) is -0.947. The summed E-state index contributed by atoms with van der Waals surface area (Å²) in [6.45, 7) is 1.47. The van der Waals surface area contributed by atoms with Crippen LogP contribution in [0.5, 0.6) is 0 Å². The van der Waals surface area contributed by atoms with Crippen LogP contribution < -0.4 is 0 Å². The Balaban J connectivity index is 1.93. The first-order chi connectivity index (χ1) is 11.5. The molecule has 1 N–H and O–H groups in total. The molecule has 0 aromatic heterocycles. The van der Waals surface area contributed by atoms with Crippen LogP contribution in [0.3, 0.4) is 0 Å². The van der Waals surface area contributed by atoms with Crippen LogP contribution in [0, 0.1) is 5.92 Å². The SMILES string of the molecule is O=C(O)C1CCN(C(c2cccc(Cl)c2)c2cccc(Cl)c2)CC1. The molecule has 0 aliphatic carbocycles. The van der Waals surface area contributed by atoms with Crippen molar-refractivity contribution in [2.75, 3.05) is 13.1 Å². The van der Waals surface area contributed by atoms with Crippen molar-refractivity contribution < 1.29 is 9.90 Å². The van der Waals surface area contributed by atoms with Crippen molar-refractivity contribution in [3.05, 3.63) is 69.7 Å². The Morgan fingerprint density at radius 3 is 1.92 bits per heavy atom. The Kier molecular flexibility index (Phi) is 5.44. The van der Waals surface area contributed by atoms with Gasteiger partial charge in [0.1, 0.15) is 0 Å². The van der Waals surface area contributed by atoms with E-state index in [0.717, 1.165) is 24.2 Å². The number of carbonyl (C=O) groups is 1. The number of carboxylic acid groups (broad SMARTS) is 1. The summed E-state index contributed by atoms with van der Waals surface area (Å²) in [4.78, 5) is 13.5. The van der Waals surface area contributed by atoms with Crippen molar-refractivity contribution in [1.82, 2.24) is 4.90 Å². The molecule has 0 bridgehead atoms. The molecule has 3 rings (SSSR count). The molecule has 0 saturated carbocycles. The van der Waals surface area contributed by atoms with E-state index in [2.05, 4.69) is 17.0 Å². The molecular weight excluding hydrogens is 345 g/mol. The number of carboxylic acids is 1. The Morgan fingerprint density at radius 2 is 1.50 bits per heavy atom. The molecule has 3 nitrogen and oxygen atoms in total. The molecule has 1 fully saturated rings. The number of nitrogens with zero attached hydrogens (tertiary/aromatic N) is 1. The summed E-state index contributed by atoms with van der Waals surface area (Å²) < 4.78 is 0. The highest BCUT2D eigenvalue weighted by Gasteiger charge is 2.30. The first kappa shape index (κ1) is 17.3. The minimum atomic E-state index is -0.697. The summed E-state index contributed by atoms with van der Waals surface area (Å²) in [7, 11) is 0. The second kappa shape index (κ2) is 7.56. The first-order valence-corrected chi connectivity index (χ1v) is 8.78. The first-order valence-electron chi connectivity index (χ1n) is 8.02. The lowest BCUT2D eigenvalue weighted by Gasteiger charge is -2.37. The Morgan fingerprint density at radius 1 is 1.00 bits per heavy atom. The van der Waals surface area contributed by atoms with Gasteiger partial charge in [-0.15, -0.1) is 0 Å². The van der Waals surface area contributed by atoms with Crippen LogP contribution in [0.25, 0.3) is 0 Å². The zero-order chi connectivity index (χ0) is 17.1. The molecule has 2 aromatic carbocycles. The average Bonchev–Trinajstić information content (AvgIpc) is 2.56. The van der Waals surface area contributed by atoms with Gasteiger partial charge in [-0.2, -0.15) is 0 Å². The fourth-order valence-corrected chi connectivity index (χ4v) is 3.77. The molecule has 1 aliphatic heterocycles. The number of hydrogen-bond acceptors (Lipinski definition) is 2. The van der Waals surface area contributed by atoms with Gasteiger partial charge in [-0.3, -0.25) is 9.69 Å². The van der Waals surface area contributed by atoms with E-state index in [1.807, 2.05) is 36.4 Å². The van der Waals surface area contributed by atoms with Gasteiger partial charge in [0, 0.05) is 10.0 Å². The third kappa shape index (κ3) is 3.92. The zero-order valence-corrected chi connectivity index (χ0v) is 14.7. The molecule has 1 aliphatic rings. The summed E-state index contributed by atoms with van der Waals surface area (Å²) >= 11 is 12.4. The highest BCUT2D eigenvalue weighted by Crippen LogP contribution is 2.34. The van der Waals surface area contributed by atoms with E-state index < -0.39 is 5.97 Å². The third-order valence-corrected chi connectivity index (χ3v) is 5.04. The van der Waals surface area contributed by atoms with Gasteiger partial charge < -0.3 is 5.11 Å². The molecule has 0 amide bonds. The molecule has 1 heterocycles. The van der Waals surface area contributed by atoms with Crippen LogP contribution in [0.2, 0.25) is 10.0 Å². The van der Waals surface area contributed by atoms with Gasteiger partial charge >= 0.3 is 5.97 Å². The molecule has 2 aromatic rings. The number of aliphatic carboxylic acids is 1. The predicted molar refractivity (Wildman–Crippen MR) is 96.7 cm³/mol. The fourth-order valence-electron chi connectivity index (χ4n) is 3.37. The lowest BCUT2D eigenvalue weighted by molar-refractivity contribution is -0.143. The predicted octanol–water partition coefficient (Wildman–Crippen LogP) is 4.88. The number of likely N-dealkylation sites (tertiary alicyclic amines) is 1. The monoisotopic (exact) mass is 363 g/mol. The van der Waals surface area contributed by atoms with E-state index in [1.54, 1.807) is 0 Å². The van der Waals surface area contributed by atoms with E-state index >= 15 is 0 Å². The maximum absolute atomic E-state index is 11.2. The van der Waals surface area contributed by atoms with Gasteiger partial charge in [-0.05, 0) is 61.3 Å². The van der Waals surface area contributed by atoms with Crippen LogP contribution in [0.1, 0.15) is 30.0 Å². The normalized spacial score (nSPS) is 16.5. The van der Waals surface area contributed by atoms with Crippen molar-refractivity contribution in [2.24, 2.45) is 5.92 Å². The minimum Gasteiger partial charge on any atom is -0.481 e. The van der Waals surface area contributed by atoms with E-state index in [1.165, 1.54) is 0 Å². The van der Waals surface area contributed by atoms with Crippen LogP contribution in [0.4, 0.5) is 0 Å². The topological polar surface area (TPSA) is 40.5 Å². The minimum absolute atomic E-state index is 0.0251. The lowest BCUT2D eigenvalue weighted by Crippen LogP contribution is -2.39. The van der Waals surface area contributed by atoms with Crippen molar-refractivity contribution in [3.8, 4) is 0 Å². The summed E-state index contributed by atoms with van der Waals surface area (Å²) in [5.41, 5.74) is 2.19. The van der Waals surface area contributed by atoms with E-state index in [-0.39, 0.29) is 12.0 Å². The number of halogens is 2. The second-order valence-corrected chi connectivity index (χ2v) is 7.03. The molecule has 0 atom stereocenters. The van der Waals surface area contributed by atoms with Crippen molar-refractivity contribution in [3.63, 3.8) is 0 Å². The third-order valence-electron chi connectivity index (χ3n) is 4.57. The number of hydrogen-bond donors (Lipinski definition) is 1. The van der Waals surface area contributed by atoms with Gasteiger partial charge in [-0.1, -0.05) is 47.5 Å². The number of rotatable bonds is 4. The molecule has 126 valence electrons. The maximum Gasteiger partial charge on any atom is 0.306 e. The lowest BCUT2D eigenvalue weighted by atomic mass is 9.91. The molecule has 0 spiro atoms. The average molecular weight is 364 g/mol. The van der Waals surface area contributed by atoms with Gasteiger partial charge in [0.15, 0.2) is 0 Å². The largest absolute Gasteiger partial charge is 0.481 e. The number of benzene rings is 2. The molecule has 5 heteroatoms. The Bertz CT molecular complexity index is 681. The van der Waals surface area contributed by atoms with E-state index in [0.29, 0.717) is 22.9 Å². The smallest absolute Gasteiger partial charge is 0.306 e. The fraction of sp³-hybridized carbons (Fsp3) is 0.316.